The minimum Gasteiger partial charge on any atom is -0.480 e. The van der Waals surface area contributed by atoms with E-state index in [4.69, 9.17) is 10.8 Å². The van der Waals surface area contributed by atoms with Crippen molar-refractivity contribution in [2.75, 3.05) is 0 Å². The summed E-state index contributed by atoms with van der Waals surface area (Å²) >= 11 is 0. The van der Waals surface area contributed by atoms with Crippen LogP contribution in [0.2, 0.25) is 0 Å². The number of nitrogens with two attached hydrogens (primary N) is 1. The van der Waals surface area contributed by atoms with E-state index in [0.717, 1.165) is 12.8 Å². The highest BCUT2D eigenvalue weighted by Gasteiger charge is 2.28. The molecule has 1 rings (SSSR count). The number of carboxylic acids is 1. The molecule has 1 aliphatic rings. The molecule has 0 saturated carbocycles. The van der Waals surface area contributed by atoms with Gasteiger partial charge in [0.05, 0.1) is 0 Å². The average Bonchev–Trinajstić information content (AvgIpc) is 2.15. The van der Waals surface area contributed by atoms with Gasteiger partial charge in [-0.25, -0.2) is 0 Å². The van der Waals surface area contributed by atoms with Crippen LogP contribution in [-0.2, 0) is 4.79 Å². The molecule has 0 amide bonds. The van der Waals surface area contributed by atoms with Gasteiger partial charge < -0.3 is 10.8 Å². The van der Waals surface area contributed by atoms with Crippen LogP contribution in [-0.4, -0.2) is 17.1 Å². The molecule has 0 aliphatic heterocycles. The number of allylic oxidation sites excluding steroid dienone is 2. The van der Waals surface area contributed by atoms with Crippen molar-refractivity contribution in [1.29, 1.82) is 0 Å². The molecule has 1 atom stereocenters. The molecule has 0 aromatic heterocycles. The Morgan fingerprint density at radius 1 is 1.56 bits per heavy atom. The fourth-order valence-electron chi connectivity index (χ4n) is 2.65. The van der Waals surface area contributed by atoms with Gasteiger partial charge in [0.25, 0.3) is 0 Å². The standard InChI is InChI=1S/C13H23NO2/c1-9-5-4-8-13(2,3)10(9)6-7-11(14)12(15)16/h11H,4-8,14H2,1-3H3,(H,15,16). The number of hydrogen-bond acceptors (Lipinski definition) is 2. The Morgan fingerprint density at radius 3 is 2.69 bits per heavy atom. The molecule has 0 spiro atoms. The van der Waals surface area contributed by atoms with Crippen LogP contribution in [0.25, 0.3) is 0 Å². The number of carbonyl (C=O) groups is 1. The van der Waals surface area contributed by atoms with Gasteiger partial charge in [-0.15, -0.1) is 0 Å². The SMILES string of the molecule is CC1=C(CCC(N)C(=O)O)C(C)(C)CCC1. The number of carboxylic acid groups (broad SMARTS) is 1. The van der Waals surface area contributed by atoms with Crippen molar-refractivity contribution < 1.29 is 9.90 Å². The third-order valence-corrected chi connectivity index (χ3v) is 3.71. The van der Waals surface area contributed by atoms with Crippen molar-refractivity contribution in [2.24, 2.45) is 11.1 Å². The lowest BCUT2D eigenvalue weighted by molar-refractivity contribution is -0.138. The lowest BCUT2D eigenvalue weighted by Crippen LogP contribution is -2.31. The second-order valence-corrected chi connectivity index (χ2v) is 5.48. The van der Waals surface area contributed by atoms with Crippen LogP contribution in [0.4, 0.5) is 0 Å². The monoisotopic (exact) mass is 225 g/mol. The van der Waals surface area contributed by atoms with Gasteiger partial charge in [-0.3, -0.25) is 4.79 Å². The van der Waals surface area contributed by atoms with Gasteiger partial charge >= 0.3 is 5.97 Å². The first-order chi connectivity index (χ1) is 7.34. The fourth-order valence-corrected chi connectivity index (χ4v) is 2.65. The van der Waals surface area contributed by atoms with Crippen molar-refractivity contribution in [3.05, 3.63) is 11.1 Å². The van der Waals surface area contributed by atoms with E-state index in [2.05, 4.69) is 20.8 Å². The summed E-state index contributed by atoms with van der Waals surface area (Å²) in [6, 6.07) is -0.724. The number of rotatable bonds is 4. The summed E-state index contributed by atoms with van der Waals surface area (Å²) in [4.78, 5) is 10.7. The molecule has 0 aromatic carbocycles. The van der Waals surface area contributed by atoms with E-state index in [9.17, 15) is 4.79 Å². The van der Waals surface area contributed by atoms with Gasteiger partial charge in [0.1, 0.15) is 6.04 Å². The lowest BCUT2D eigenvalue weighted by Gasteiger charge is -2.35. The topological polar surface area (TPSA) is 63.3 Å². The minimum absolute atomic E-state index is 0.223. The molecule has 0 radical (unpaired) electrons. The molecule has 0 aromatic rings. The highest BCUT2D eigenvalue weighted by molar-refractivity contribution is 5.73. The van der Waals surface area contributed by atoms with Crippen LogP contribution >= 0.6 is 0 Å². The first-order valence-electron chi connectivity index (χ1n) is 6.02. The first kappa shape index (κ1) is 13.2. The van der Waals surface area contributed by atoms with E-state index < -0.39 is 12.0 Å². The van der Waals surface area contributed by atoms with Gasteiger partial charge in [-0.2, -0.15) is 0 Å². The molecule has 1 unspecified atom stereocenters. The highest BCUT2D eigenvalue weighted by atomic mass is 16.4. The Balaban J connectivity index is 2.67. The molecule has 0 bridgehead atoms. The van der Waals surface area contributed by atoms with Crippen LogP contribution in [0.15, 0.2) is 11.1 Å². The lowest BCUT2D eigenvalue weighted by atomic mass is 9.71. The summed E-state index contributed by atoms with van der Waals surface area (Å²) < 4.78 is 0. The quantitative estimate of drug-likeness (QED) is 0.723. The minimum atomic E-state index is -0.896. The highest BCUT2D eigenvalue weighted by Crippen LogP contribution is 2.42. The molecule has 16 heavy (non-hydrogen) atoms. The van der Waals surface area contributed by atoms with Crippen molar-refractivity contribution in [3.63, 3.8) is 0 Å². The van der Waals surface area contributed by atoms with Crippen LogP contribution in [0, 0.1) is 5.41 Å². The van der Waals surface area contributed by atoms with E-state index in [1.165, 1.54) is 24.0 Å². The molecule has 0 saturated heterocycles. The Labute approximate surface area is 97.7 Å². The molecular weight excluding hydrogens is 202 g/mol. The molecule has 0 heterocycles. The Hall–Kier alpha value is -0.830. The summed E-state index contributed by atoms with van der Waals surface area (Å²) in [5.41, 5.74) is 8.63. The molecular formula is C13H23NO2. The summed E-state index contributed by atoms with van der Waals surface area (Å²) in [6.45, 7) is 6.66. The number of hydrogen-bond donors (Lipinski definition) is 2. The van der Waals surface area contributed by atoms with Crippen LogP contribution < -0.4 is 5.73 Å². The van der Waals surface area contributed by atoms with E-state index in [1.807, 2.05) is 0 Å². The zero-order valence-electron chi connectivity index (χ0n) is 10.5. The fraction of sp³-hybridized carbons (Fsp3) is 0.769. The van der Waals surface area contributed by atoms with E-state index in [1.54, 1.807) is 0 Å². The molecule has 3 N–H and O–H groups in total. The summed E-state index contributed by atoms with van der Waals surface area (Å²) in [5, 5.41) is 8.77. The maximum atomic E-state index is 10.7. The van der Waals surface area contributed by atoms with Crippen molar-refractivity contribution in [1.82, 2.24) is 0 Å². The van der Waals surface area contributed by atoms with E-state index in [0.29, 0.717) is 6.42 Å². The second kappa shape index (κ2) is 5.00. The van der Waals surface area contributed by atoms with E-state index >= 15 is 0 Å². The maximum Gasteiger partial charge on any atom is 0.320 e. The molecule has 3 nitrogen and oxygen atoms in total. The predicted molar refractivity (Wildman–Crippen MR) is 65.2 cm³/mol. The molecule has 3 heteroatoms. The summed E-state index contributed by atoms with van der Waals surface area (Å²) in [5.74, 6) is -0.896. The third kappa shape index (κ3) is 3.08. The van der Waals surface area contributed by atoms with Gasteiger partial charge in [0, 0.05) is 0 Å². The van der Waals surface area contributed by atoms with Crippen LogP contribution in [0.1, 0.15) is 52.9 Å². The predicted octanol–water partition coefficient (Wildman–Crippen LogP) is 2.71. The van der Waals surface area contributed by atoms with E-state index in [-0.39, 0.29) is 5.41 Å². The average molecular weight is 225 g/mol. The summed E-state index contributed by atoms with van der Waals surface area (Å²) in [6.07, 6.45) is 4.97. The Kier molecular flexibility index (Phi) is 4.14. The smallest absolute Gasteiger partial charge is 0.320 e. The van der Waals surface area contributed by atoms with Crippen molar-refractivity contribution >= 4 is 5.97 Å². The largest absolute Gasteiger partial charge is 0.480 e. The normalized spacial score (nSPS) is 22.0. The zero-order valence-corrected chi connectivity index (χ0v) is 10.5. The van der Waals surface area contributed by atoms with Crippen LogP contribution in [0.3, 0.4) is 0 Å². The van der Waals surface area contributed by atoms with Gasteiger partial charge in [-0.05, 0) is 44.4 Å². The first-order valence-corrected chi connectivity index (χ1v) is 6.02. The zero-order chi connectivity index (χ0) is 12.3. The maximum absolute atomic E-state index is 10.7. The number of aliphatic carboxylic acids is 1. The van der Waals surface area contributed by atoms with Crippen LogP contribution in [0.5, 0.6) is 0 Å². The Bertz CT molecular complexity index is 305. The van der Waals surface area contributed by atoms with Gasteiger partial charge in [0.15, 0.2) is 0 Å². The van der Waals surface area contributed by atoms with Gasteiger partial charge in [-0.1, -0.05) is 25.0 Å². The third-order valence-electron chi connectivity index (χ3n) is 3.71. The second-order valence-electron chi connectivity index (χ2n) is 5.48. The van der Waals surface area contributed by atoms with Gasteiger partial charge in [0.2, 0.25) is 0 Å². The van der Waals surface area contributed by atoms with Crippen molar-refractivity contribution in [2.45, 2.75) is 58.9 Å². The molecule has 92 valence electrons. The molecule has 1 aliphatic carbocycles. The van der Waals surface area contributed by atoms with Crippen molar-refractivity contribution in [3.8, 4) is 0 Å². The molecule has 0 fully saturated rings. The Morgan fingerprint density at radius 2 is 2.19 bits per heavy atom. The summed E-state index contributed by atoms with van der Waals surface area (Å²) in [7, 11) is 0.